The fourth-order valence-corrected chi connectivity index (χ4v) is 4.44. The summed E-state index contributed by atoms with van der Waals surface area (Å²) in [4.78, 5) is 12.7. The molecule has 0 aromatic heterocycles. The Morgan fingerprint density at radius 2 is 2.04 bits per heavy atom. The first-order chi connectivity index (χ1) is 11.6. The van der Waals surface area contributed by atoms with Crippen LogP contribution in [-0.4, -0.2) is 38.5 Å². The molecule has 1 aliphatic carbocycles. The molecule has 2 N–H and O–H groups in total. The normalized spacial score (nSPS) is 27.7. The van der Waals surface area contributed by atoms with Crippen molar-refractivity contribution >= 4 is 17.5 Å². The van der Waals surface area contributed by atoms with E-state index in [2.05, 4.69) is 4.72 Å². The van der Waals surface area contributed by atoms with Crippen molar-refractivity contribution in [2.45, 2.75) is 50.8 Å². The number of piperidine rings is 1. The van der Waals surface area contributed by atoms with E-state index in [0.717, 1.165) is 11.1 Å². The Morgan fingerprint density at radius 1 is 1.42 bits per heavy atom. The summed E-state index contributed by atoms with van der Waals surface area (Å²) >= 11 is -1.39. The Bertz CT molecular complexity index is 671. The minimum Gasteiger partial charge on any atom is -0.598 e. The largest absolute Gasteiger partial charge is 0.598 e. The number of carbonyl (C=O) groups is 1. The van der Waals surface area contributed by atoms with Gasteiger partial charge in [-0.15, -0.1) is 4.72 Å². The van der Waals surface area contributed by atoms with E-state index in [1.165, 1.54) is 4.90 Å². The van der Waals surface area contributed by atoms with Gasteiger partial charge in [0.15, 0.2) is 0 Å². The number of rotatable bonds is 2. The smallest absolute Gasteiger partial charge is 0.407 e. The summed E-state index contributed by atoms with van der Waals surface area (Å²) in [5, 5.41) is 9.24. The standard InChI is InChI=1S/C18H26N2O3S/c1-17(2,3)24(23)19-15-14-7-5-4-6-13(14)12-18(15)8-10-20(11-9-18)16(21)22/h4-7,15,19H,8-12H2,1-3H3,(H,21,22)/t15-,24?/m0/s1/i15D. The molecule has 2 atom stereocenters. The zero-order valence-electron chi connectivity index (χ0n) is 15.5. The molecular weight excluding hydrogens is 324 g/mol. The number of fused-ring (bicyclic) bond motifs is 1. The van der Waals surface area contributed by atoms with Gasteiger partial charge in [0.25, 0.3) is 0 Å². The Hall–Kier alpha value is -1.24. The molecule has 5 nitrogen and oxygen atoms in total. The third kappa shape index (κ3) is 3.15. The first-order valence-corrected chi connectivity index (χ1v) is 9.50. The number of amides is 1. The zero-order chi connectivity index (χ0) is 18.5. The van der Waals surface area contributed by atoms with E-state index in [4.69, 9.17) is 0 Å². The van der Waals surface area contributed by atoms with Crippen LogP contribution in [-0.2, 0) is 17.8 Å². The second-order valence-electron chi connectivity index (χ2n) is 7.74. The SMILES string of the molecule is [2H][C@]1(N[S+]([O-])C(C)(C)C)c2ccccc2CC12CCN(C(=O)O)CC2. The van der Waals surface area contributed by atoms with Crippen molar-refractivity contribution in [1.29, 1.82) is 0 Å². The lowest BCUT2D eigenvalue weighted by Crippen LogP contribution is -2.50. The molecule has 24 heavy (non-hydrogen) atoms. The molecule has 1 fully saturated rings. The van der Waals surface area contributed by atoms with Crippen molar-refractivity contribution in [3.05, 3.63) is 35.4 Å². The third-order valence-corrected chi connectivity index (χ3v) is 6.59. The van der Waals surface area contributed by atoms with E-state index in [9.17, 15) is 15.8 Å². The van der Waals surface area contributed by atoms with E-state index in [1.54, 1.807) is 0 Å². The zero-order valence-corrected chi connectivity index (χ0v) is 15.3. The highest BCUT2D eigenvalue weighted by molar-refractivity contribution is 7.90. The number of likely N-dealkylation sites (tertiary alicyclic amines) is 1. The highest BCUT2D eigenvalue weighted by atomic mass is 32.2. The van der Waals surface area contributed by atoms with Crippen LogP contribution in [0.15, 0.2) is 24.3 Å². The number of hydrogen-bond donors (Lipinski definition) is 2. The van der Waals surface area contributed by atoms with E-state index in [0.29, 0.717) is 32.4 Å². The Kier molecular flexibility index (Phi) is 4.22. The molecule has 6 heteroatoms. The molecule has 1 saturated heterocycles. The molecular formula is C18H26N2O3S. The summed E-state index contributed by atoms with van der Waals surface area (Å²) < 4.78 is 24.8. The van der Waals surface area contributed by atoms with Crippen LogP contribution in [0.5, 0.6) is 0 Å². The predicted molar refractivity (Wildman–Crippen MR) is 95.2 cm³/mol. The Labute approximate surface area is 148 Å². The van der Waals surface area contributed by atoms with Gasteiger partial charge in [0, 0.05) is 29.9 Å². The topological polar surface area (TPSA) is 75.6 Å². The van der Waals surface area contributed by atoms with Crippen molar-refractivity contribution in [2.24, 2.45) is 5.41 Å². The Morgan fingerprint density at radius 3 is 2.62 bits per heavy atom. The minimum atomic E-state index is -1.39. The summed E-state index contributed by atoms with van der Waals surface area (Å²) in [5.74, 6) is 0. The first-order valence-electron chi connectivity index (χ1n) is 8.85. The maximum atomic E-state index is 12.8. The van der Waals surface area contributed by atoms with E-state index < -0.39 is 33.6 Å². The lowest BCUT2D eigenvalue weighted by molar-refractivity contribution is 0.0764. The lowest BCUT2D eigenvalue weighted by atomic mass is 9.73. The van der Waals surface area contributed by atoms with Gasteiger partial charge in [0.1, 0.15) is 4.75 Å². The molecule has 1 heterocycles. The van der Waals surface area contributed by atoms with Gasteiger partial charge in [0.05, 0.1) is 7.39 Å². The predicted octanol–water partition coefficient (Wildman–Crippen LogP) is 3.10. The van der Waals surface area contributed by atoms with Crippen molar-refractivity contribution in [3.63, 3.8) is 0 Å². The average molecular weight is 351 g/mol. The van der Waals surface area contributed by atoms with Gasteiger partial charge in [-0.05, 0) is 51.2 Å². The van der Waals surface area contributed by atoms with Crippen LogP contribution in [0.1, 0.15) is 52.1 Å². The monoisotopic (exact) mass is 351 g/mol. The molecule has 1 aromatic carbocycles. The van der Waals surface area contributed by atoms with Crippen molar-refractivity contribution in [3.8, 4) is 0 Å². The Balaban J connectivity index is 1.97. The van der Waals surface area contributed by atoms with Crippen LogP contribution in [0.2, 0.25) is 0 Å². The van der Waals surface area contributed by atoms with Gasteiger partial charge in [-0.25, -0.2) is 4.79 Å². The molecule has 132 valence electrons. The molecule has 0 radical (unpaired) electrons. The van der Waals surface area contributed by atoms with Gasteiger partial charge in [-0.1, -0.05) is 24.3 Å². The molecule has 3 rings (SSSR count). The quantitative estimate of drug-likeness (QED) is 0.803. The summed E-state index contributed by atoms with van der Waals surface area (Å²) in [6, 6.07) is 6.67. The van der Waals surface area contributed by atoms with E-state index in [1.807, 2.05) is 45.0 Å². The summed E-state index contributed by atoms with van der Waals surface area (Å²) in [7, 11) is 0. The van der Waals surface area contributed by atoms with Gasteiger partial charge in [0.2, 0.25) is 0 Å². The molecule has 1 unspecified atom stereocenters. The number of carboxylic acid groups (broad SMARTS) is 1. The number of benzene rings is 1. The fraction of sp³-hybridized carbons (Fsp3) is 0.611. The van der Waals surface area contributed by atoms with E-state index in [-0.39, 0.29) is 0 Å². The number of nitrogens with zero attached hydrogens (tertiary/aromatic N) is 1. The fourth-order valence-electron chi connectivity index (χ4n) is 3.62. The highest BCUT2D eigenvalue weighted by Crippen LogP contribution is 2.52. The molecule has 1 aromatic rings. The van der Waals surface area contributed by atoms with Gasteiger partial charge >= 0.3 is 6.09 Å². The van der Waals surface area contributed by atoms with Crippen LogP contribution < -0.4 is 4.72 Å². The number of nitrogens with one attached hydrogen (secondary N) is 1. The van der Waals surface area contributed by atoms with Crippen LogP contribution in [0.4, 0.5) is 4.79 Å². The average Bonchev–Trinajstić information content (AvgIpc) is 2.76. The second-order valence-corrected chi connectivity index (χ2v) is 9.71. The number of hydrogen-bond acceptors (Lipinski definition) is 3. The van der Waals surface area contributed by atoms with Crippen molar-refractivity contribution < 1.29 is 15.8 Å². The first kappa shape index (κ1) is 16.2. The maximum absolute atomic E-state index is 12.8. The molecule has 0 bridgehead atoms. The molecule has 1 aliphatic heterocycles. The molecule has 2 aliphatic rings. The highest BCUT2D eigenvalue weighted by Gasteiger charge is 2.50. The summed E-state index contributed by atoms with van der Waals surface area (Å²) in [5.41, 5.74) is 1.53. The van der Waals surface area contributed by atoms with Crippen LogP contribution in [0.25, 0.3) is 0 Å². The van der Waals surface area contributed by atoms with Crippen LogP contribution >= 0.6 is 0 Å². The minimum absolute atomic E-state index is 0.411. The summed E-state index contributed by atoms with van der Waals surface area (Å²) in [6.45, 7) is 6.49. The molecule has 1 spiro atoms. The van der Waals surface area contributed by atoms with Crippen molar-refractivity contribution in [2.75, 3.05) is 13.1 Å². The van der Waals surface area contributed by atoms with Gasteiger partial charge in [-0.2, -0.15) is 0 Å². The van der Waals surface area contributed by atoms with E-state index >= 15 is 0 Å². The second kappa shape index (κ2) is 6.24. The van der Waals surface area contributed by atoms with Crippen LogP contribution in [0, 0.1) is 5.41 Å². The lowest BCUT2D eigenvalue weighted by Gasteiger charge is -2.43. The van der Waals surface area contributed by atoms with Crippen molar-refractivity contribution in [1.82, 2.24) is 9.62 Å². The maximum Gasteiger partial charge on any atom is 0.407 e. The summed E-state index contributed by atoms with van der Waals surface area (Å²) in [6.07, 6.45) is 0.985. The third-order valence-electron chi connectivity index (χ3n) is 5.09. The molecule has 0 saturated carbocycles. The van der Waals surface area contributed by atoms with Crippen LogP contribution in [0.3, 0.4) is 0 Å². The molecule has 1 amide bonds. The van der Waals surface area contributed by atoms with Gasteiger partial charge in [-0.3, -0.25) is 0 Å². The van der Waals surface area contributed by atoms with Gasteiger partial charge < -0.3 is 14.6 Å².